The average molecular weight is 487 g/mol. The Balaban J connectivity index is 1.23. The van der Waals surface area contributed by atoms with Gasteiger partial charge in [0.2, 0.25) is 5.91 Å². The fourth-order valence-electron chi connectivity index (χ4n) is 4.66. The van der Waals surface area contributed by atoms with E-state index in [4.69, 9.17) is 9.84 Å². The molecule has 0 saturated heterocycles. The van der Waals surface area contributed by atoms with E-state index in [0.717, 1.165) is 22.3 Å². The number of carboxylic acids is 1. The molecule has 2 aromatic carbocycles. The third kappa shape index (κ3) is 4.85. The number of carboxylic acid groups (broad SMARTS) is 1. The van der Waals surface area contributed by atoms with Crippen LogP contribution in [0.5, 0.6) is 0 Å². The summed E-state index contributed by atoms with van der Waals surface area (Å²) in [6.07, 6.45) is -0.364. The molecule has 2 atom stereocenters. The summed E-state index contributed by atoms with van der Waals surface area (Å²) in [6.45, 7) is 3.16. The fraction of sp³-hybridized carbons (Fsp3) is 0.423. The van der Waals surface area contributed by atoms with Gasteiger partial charge in [-0.05, 0) is 28.7 Å². The number of hydrogen-bond acceptors (Lipinski definition) is 4. The van der Waals surface area contributed by atoms with Crippen LogP contribution in [0.15, 0.2) is 48.5 Å². The summed E-state index contributed by atoms with van der Waals surface area (Å²) in [5, 5.41) is 13.9. The predicted molar refractivity (Wildman–Crippen MR) is 124 cm³/mol. The molecule has 0 unspecified atom stereocenters. The first-order valence-electron chi connectivity index (χ1n) is 11.5. The number of amides is 2. The molecule has 2 amide bonds. The van der Waals surface area contributed by atoms with Gasteiger partial charge in [-0.1, -0.05) is 62.4 Å². The van der Waals surface area contributed by atoms with Gasteiger partial charge in [0.05, 0.1) is 5.92 Å². The van der Waals surface area contributed by atoms with E-state index in [2.05, 4.69) is 10.6 Å². The largest absolute Gasteiger partial charge is 0.481 e. The Morgan fingerprint density at radius 3 is 2.11 bits per heavy atom. The Labute approximate surface area is 201 Å². The van der Waals surface area contributed by atoms with Gasteiger partial charge in [-0.25, -0.2) is 13.6 Å². The Kier molecular flexibility index (Phi) is 6.53. The molecule has 2 aliphatic carbocycles. The lowest BCUT2D eigenvalue weighted by atomic mass is 9.88. The topological polar surface area (TPSA) is 105 Å². The van der Waals surface area contributed by atoms with Crippen LogP contribution in [0.2, 0.25) is 0 Å². The van der Waals surface area contributed by atoms with Crippen molar-refractivity contribution >= 4 is 18.0 Å². The van der Waals surface area contributed by atoms with Gasteiger partial charge in [-0.15, -0.1) is 0 Å². The van der Waals surface area contributed by atoms with Crippen molar-refractivity contribution in [3.05, 3.63) is 59.7 Å². The number of rotatable bonds is 9. The monoisotopic (exact) mass is 486 g/mol. The maximum absolute atomic E-state index is 13.5. The summed E-state index contributed by atoms with van der Waals surface area (Å²) >= 11 is 0. The number of carbonyl (C=O) groups excluding carboxylic acids is 2. The molecule has 9 heteroatoms. The molecule has 3 N–H and O–H groups in total. The Hall–Kier alpha value is -3.49. The number of alkyl carbamates (subject to hydrolysis) is 1. The molecule has 35 heavy (non-hydrogen) atoms. The number of fused-ring (bicyclic) bond motifs is 3. The number of halogens is 2. The van der Waals surface area contributed by atoms with E-state index in [1.54, 1.807) is 13.8 Å². The molecular formula is C26H28F2N2O5. The molecule has 0 aliphatic heterocycles. The predicted octanol–water partition coefficient (Wildman–Crippen LogP) is 4.02. The molecule has 4 rings (SSSR count). The third-order valence-corrected chi connectivity index (χ3v) is 6.93. The van der Waals surface area contributed by atoms with Gasteiger partial charge in [0, 0.05) is 24.4 Å². The summed E-state index contributed by atoms with van der Waals surface area (Å²) in [7, 11) is 0. The maximum atomic E-state index is 13.5. The second-order valence-electron chi connectivity index (χ2n) is 9.69. The normalized spacial score (nSPS) is 19.9. The number of ether oxygens (including phenoxy) is 1. The van der Waals surface area contributed by atoms with Crippen molar-refractivity contribution in [3.8, 4) is 11.1 Å². The smallest absolute Gasteiger partial charge is 0.407 e. The average Bonchev–Trinajstić information content (AvgIpc) is 3.23. The standard InChI is InChI=1S/C26H28F2N2O5/c1-25(2,23(33)30-13-20-21(22(31)32)26(20,27)28)11-12-29-24(34)35-14-19-17-9-5-3-7-15(17)16-8-4-6-10-18(16)19/h3-10,19-21H,11-14H2,1-2H3,(H,29,34)(H,30,33)(H,31,32)/t20-,21-/m1/s1. The first kappa shape index (κ1) is 24.6. The quantitative estimate of drug-likeness (QED) is 0.497. The van der Waals surface area contributed by atoms with Crippen LogP contribution in [-0.4, -0.2) is 48.7 Å². The van der Waals surface area contributed by atoms with Crippen LogP contribution in [-0.2, 0) is 14.3 Å². The van der Waals surface area contributed by atoms with E-state index in [1.807, 2.05) is 48.5 Å². The van der Waals surface area contributed by atoms with E-state index < -0.39 is 47.7 Å². The van der Waals surface area contributed by atoms with Crippen molar-refractivity contribution in [2.45, 2.75) is 32.1 Å². The van der Waals surface area contributed by atoms with E-state index in [0.29, 0.717) is 0 Å². The Morgan fingerprint density at radius 2 is 1.57 bits per heavy atom. The molecule has 0 bridgehead atoms. The van der Waals surface area contributed by atoms with Crippen LogP contribution >= 0.6 is 0 Å². The number of hydrogen-bond donors (Lipinski definition) is 3. The van der Waals surface area contributed by atoms with Gasteiger partial charge in [-0.3, -0.25) is 9.59 Å². The fourth-order valence-corrected chi connectivity index (χ4v) is 4.66. The lowest BCUT2D eigenvalue weighted by molar-refractivity contribution is -0.141. The SMILES string of the molecule is CC(C)(CCNC(=O)OCC1c2ccccc2-c2ccccc21)C(=O)NC[C@@H]1[C@H](C(=O)O)C1(F)F. The summed E-state index contributed by atoms with van der Waals surface area (Å²) < 4.78 is 32.5. The van der Waals surface area contributed by atoms with E-state index in [9.17, 15) is 23.2 Å². The Bertz CT molecular complexity index is 1100. The van der Waals surface area contributed by atoms with Crippen molar-refractivity contribution in [1.82, 2.24) is 10.6 Å². The van der Waals surface area contributed by atoms with Crippen LogP contribution in [0.4, 0.5) is 13.6 Å². The zero-order chi connectivity index (χ0) is 25.4. The van der Waals surface area contributed by atoms with Gasteiger partial charge in [-0.2, -0.15) is 0 Å². The molecule has 0 radical (unpaired) electrons. The number of carbonyl (C=O) groups is 3. The minimum absolute atomic E-state index is 0.0643. The number of benzene rings is 2. The maximum Gasteiger partial charge on any atom is 0.407 e. The minimum Gasteiger partial charge on any atom is -0.481 e. The molecule has 0 heterocycles. The molecule has 186 valence electrons. The zero-order valence-electron chi connectivity index (χ0n) is 19.5. The van der Waals surface area contributed by atoms with E-state index in [-0.39, 0.29) is 25.5 Å². The van der Waals surface area contributed by atoms with E-state index >= 15 is 0 Å². The van der Waals surface area contributed by atoms with Crippen LogP contribution in [0.1, 0.15) is 37.3 Å². The second-order valence-corrected chi connectivity index (χ2v) is 9.69. The first-order valence-corrected chi connectivity index (χ1v) is 11.5. The van der Waals surface area contributed by atoms with Crippen molar-refractivity contribution in [1.29, 1.82) is 0 Å². The number of nitrogens with one attached hydrogen (secondary N) is 2. The van der Waals surface area contributed by atoms with Gasteiger partial charge >= 0.3 is 12.1 Å². The van der Waals surface area contributed by atoms with Crippen molar-refractivity contribution < 1.29 is 33.0 Å². The van der Waals surface area contributed by atoms with Gasteiger partial charge in [0.25, 0.3) is 5.92 Å². The molecule has 7 nitrogen and oxygen atoms in total. The van der Waals surface area contributed by atoms with Crippen molar-refractivity contribution in [3.63, 3.8) is 0 Å². The molecule has 1 fully saturated rings. The van der Waals surface area contributed by atoms with Gasteiger partial charge < -0.3 is 20.5 Å². The number of alkyl halides is 2. The van der Waals surface area contributed by atoms with Gasteiger partial charge in [0.15, 0.2) is 0 Å². The second kappa shape index (κ2) is 9.28. The first-order chi connectivity index (χ1) is 16.5. The summed E-state index contributed by atoms with van der Waals surface area (Å²) in [5.74, 6) is -8.60. The highest BCUT2D eigenvalue weighted by Gasteiger charge is 2.72. The summed E-state index contributed by atoms with van der Waals surface area (Å²) in [6, 6.07) is 16.0. The van der Waals surface area contributed by atoms with Crippen LogP contribution in [0.3, 0.4) is 0 Å². The highest BCUT2D eigenvalue weighted by molar-refractivity contribution is 5.82. The van der Waals surface area contributed by atoms with Gasteiger partial charge in [0.1, 0.15) is 12.5 Å². The summed E-state index contributed by atoms with van der Waals surface area (Å²) in [4.78, 5) is 35.6. The molecule has 1 saturated carbocycles. The van der Waals surface area contributed by atoms with Crippen molar-refractivity contribution in [2.24, 2.45) is 17.3 Å². The lowest BCUT2D eigenvalue weighted by Crippen LogP contribution is -2.41. The Morgan fingerprint density at radius 1 is 1.00 bits per heavy atom. The number of aliphatic carboxylic acids is 1. The van der Waals surface area contributed by atoms with Crippen LogP contribution in [0, 0.1) is 17.3 Å². The molecule has 2 aliphatic rings. The van der Waals surface area contributed by atoms with E-state index in [1.165, 1.54) is 0 Å². The molecule has 0 spiro atoms. The lowest BCUT2D eigenvalue weighted by Gasteiger charge is -2.23. The highest BCUT2D eigenvalue weighted by atomic mass is 19.3. The van der Waals surface area contributed by atoms with Crippen molar-refractivity contribution in [2.75, 3.05) is 19.7 Å². The third-order valence-electron chi connectivity index (χ3n) is 6.93. The molecule has 2 aromatic rings. The molecular weight excluding hydrogens is 458 g/mol. The summed E-state index contributed by atoms with van der Waals surface area (Å²) in [5.41, 5.74) is 3.50. The minimum atomic E-state index is -3.31. The van der Waals surface area contributed by atoms with Crippen LogP contribution < -0.4 is 10.6 Å². The van der Waals surface area contributed by atoms with Crippen LogP contribution in [0.25, 0.3) is 11.1 Å². The highest BCUT2D eigenvalue weighted by Crippen LogP contribution is 2.55. The zero-order valence-corrected chi connectivity index (χ0v) is 19.5. The molecule has 0 aromatic heterocycles.